The van der Waals surface area contributed by atoms with Gasteiger partial charge < -0.3 is 10.4 Å². The number of rotatable bonds is 4. The summed E-state index contributed by atoms with van der Waals surface area (Å²) in [6.07, 6.45) is 1.51. The van der Waals surface area contributed by atoms with E-state index in [1.165, 1.54) is 6.20 Å². The third-order valence-electron chi connectivity index (χ3n) is 3.84. The molecule has 25 heavy (non-hydrogen) atoms. The van der Waals surface area contributed by atoms with Crippen LogP contribution < -0.4 is 10.9 Å². The molecule has 0 spiro atoms. The number of aromatic nitrogens is 4. The highest BCUT2D eigenvalue weighted by Gasteiger charge is 2.20. The average molecular weight is 362 g/mol. The molecule has 7 nitrogen and oxygen atoms in total. The summed E-state index contributed by atoms with van der Waals surface area (Å²) < 4.78 is 1.71. The molecule has 0 fully saturated rings. The Morgan fingerprint density at radius 2 is 2.00 bits per heavy atom. The summed E-state index contributed by atoms with van der Waals surface area (Å²) in [6.45, 7) is 5.79. The number of aliphatic hydroxyl groups excluding tert-OH is 1. The lowest BCUT2D eigenvalue weighted by Gasteiger charge is -2.20. The Balaban J connectivity index is 2.00. The quantitative estimate of drug-likeness (QED) is 0.664. The molecule has 3 aromatic rings. The summed E-state index contributed by atoms with van der Waals surface area (Å²) in [5.41, 5.74) is 0.730. The molecule has 1 atom stereocenters. The number of nitrogens with zero attached hydrogens (tertiary/aromatic N) is 3. The second-order valence-corrected chi connectivity index (χ2v) is 7.25. The van der Waals surface area contributed by atoms with Gasteiger partial charge in [0.2, 0.25) is 5.95 Å². The van der Waals surface area contributed by atoms with Crippen LogP contribution in [0.3, 0.4) is 0 Å². The summed E-state index contributed by atoms with van der Waals surface area (Å²) in [6, 6.07) is 6.69. The molecular weight excluding hydrogens is 342 g/mol. The zero-order valence-corrected chi connectivity index (χ0v) is 15.0. The van der Waals surface area contributed by atoms with Crippen LogP contribution in [0.4, 0.5) is 5.95 Å². The van der Waals surface area contributed by atoms with E-state index in [2.05, 4.69) is 20.4 Å². The number of hydrogen-bond donors (Lipinski definition) is 3. The van der Waals surface area contributed by atoms with E-state index in [0.29, 0.717) is 16.1 Å². The minimum Gasteiger partial charge on any atom is -0.394 e. The number of H-pyrrole nitrogens is 1. The SMILES string of the molecule is CC(C)(C)n1ncc2c(=O)[nH]c(NC(CO)c3ccc(Cl)cc3)nc21. The number of anilines is 1. The Morgan fingerprint density at radius 3 is 2.60 bits per heavy atom. The number of hydrogen-bond acceptors (Lipinski definition) is 5. The van der Waals surface area contributed by atoms with E-state index in [4.69, 9.17) is 11.6 Å². The van der Waals surface area contributed by atoms with Gasteiger partial charge in [0.25, 0.3) is 5.56 Å². The van der Waals surface area contributed by atoms with Crippen molar-refractivity contribution in [3.8, 4) is 0 Å². The lowest BCUT2D eigenvalue weighted by molar-refractivity contribution is 0.276. The van der Waals surface area contributed by atoms with Gasteiger partial charge in [-0.1, -0.05) is 23.7 Å². The summed E-state index contributed by atoms with van der Waals surface area (Å²) in [5, 5.41) is 18.1. The highest BCUT2D eigenvalue weighted by atomic mass is 35.5. The highest BCUT2D eigenvalue weighted by molar-refractivity contribution is 6.30. The Hall–Kier alpha value is -2.38. The maximum absolute atomic E-state index is 12.3. The number of halogens is 1. The standard InChI is InChI=1S/C17H20ClN5O2/c1-17(2,3)23-14-12(8-19-23)15(25)22-16(21-14)20-13(9-24)10-4-6-11(18)7-5-10/h4-8,13,24H,9H2,1-3H3,(H2,20,21,22,25). The summed E-state index contributed by atoms with van der Waals surface area (Å²) in [5.74, 6) is 0.275. The van der Waals surface area contributed by atoms with E-state index >= 15 is 0 Å². The van der Waals surface area contributed by atoms with E-state index in [0.717, 1.165) is 5.56 Å². The van der Waals surface area contributed by atoms with Crippen LogP contribution in [0, 0.1) is 0 Å². The zero-order valence-electron chi connectivity index (χ0n) is 14.2. The highest BCUT2D eigenvalue weighted by Crippen LogP contribution is 2.22. The van der Waals surface area contributed by atoms with Crippen LogP contribution in [0.1, 0.15) is 32.4 Å². The van der Waals surface area contributed by atoms with Crippen molar-refractivity contribution in [1.82, 2.24) is 19.7 Å². The first-order valence-corrected chi connectivity index (χ1v) is 8.29. The van der Waals surface area contributed by atoms with E-state index in [1.54, 1.807) is 16.8 Å². The fourth-order valence-electron chi connectivity index (χ4n) is 2.57. The molecule has 132 valence electrons. The number of aromatic amines is 1. The molecule has 8 heteroatoms. The Bertz CT molecular complexity index is 940. The summed E-state index contributed by atoms with van der Waals surface area (Å²) in [4.78, 5) is 19.5. The molecule has 0 aliphatic carbocycles. The first-order chi connectivity index (χ1) is 11.8. The van der Waals surface area contributed by atoms with Crippen LogP contribution in [0.5, 0.6) is 0 Å². The largest absolute Gasteiger partial charge is 0.394 e. The minimum absolute atomic E-state index is 0.165. The monoisotopic (exact) mass is 361 g/mol. The van der Waals surface area contributed by atoms with E-state index in [9.17, 15) is 9.90 Å². The van der Waals surface area contributed by atoms with E-state index in [1.807, 2.05) is 32.9 Å². The summed E-state index contributed by atoms with van der Waals surface area (Å²) >= 11 is 5.90. The average Bonchev–Trinajstić information content (AvgIpc) is 2.98. The van der Waals surface area contributed by atoms with Gasteiger partial charge in [-0.15, -0.1) is 0 Å². The summed E-state index contributed by atoms with van der Waals surface area (Å²) in [7, 11) is 0. The molecule has 1 aromatic carbocycles. The molecular formula is C17H20ClN5O2. The fraction of sp³-hybridized carbons (Fsp3) is 0.353. The molecule has 2 aromatic heterocycles. The van der Waals surface area contributed by atoms with E-state index in [-0.39, 0.29) is 23.7 Å². The second-order valence-electron chi connectivity index (χ2n) is 6.81. The van der Waals surface area contributed by atoms with Crippen molar-refractivity contribution in [2.45, 2.75) is 32.4 Å². The van der Waals surface area contributed by atoms with Crippen molar-refractivity contribution in [1.29, 1.82) is 0 Å². The van der Waals surface area contributed by atoms with Gasteiger partial charge in [-0.3, -0.25) is 9.78 Å². The lowest BCUT2D eigenvalue weighted by Crippen LogP contribution is -2.25. The predicted molar refractivity (Wildman–Crippen MR) is 98.0 cm³/mol. The lowest BCUT2D eigenvalue weighted by atomic mass is 10.1. The minimum atomic E-state index is -0.427. The first-order valence-electron chi connectivity index (χ1n) is 7.91. The van der Waals surface area contributed by atoms with Gasteiger partial charge in [0.1, 0.15) is 5.39 Å². The van der Waals surface area contributed by atoms with Gasteiger partial charge in [0.05, 0.1) is 24.4 Å². The molecule has 0 saturated heterocycles. The number of benzene rings is 1. The first kappa shape index (κ1) is 17.4. The van der Waals surface area contributed by atoms with Gasteiger partial charge in [0, 0.05) is 5.02 Å². The fourth-order valence-corrected chi connectivity index (χ4v) is 2.70. The van der Waals surface area contributed by atoms with Crippen LogP contribution >= 0.6 is 11.6 Å². The maximum atomic E-state index is 12.3. The van der Waals surface area contributed by atoms with Crippen molar-refractivity contribution in [3.05, 3.63) is 51.4 Å². The molecule has 0 saturated carbocycles. The molecule has 0 radical (unpaired) electrons. The topological polar surface area (TPSA) is 95.8 Å². The van der Waals surface area contributed by atoms with Crippen LogP contribution in [-0.2, 0) is 5.54 Å². The van der Waals surface area contributed by atoms with Gasteiger partial charge in [-0.25, -0.2) is 4.68 Å². The van der Waals surface area contributed by atoms with Crippen molar-refractivity contribution in [3.63, 3.8) is 0 Å². The second kappa shape index (κ2) is 6.50. The van der Waals surface area contributed by atoms with Crippen LogP contribution in [0.2, 0.25) is 5.02 Å². The maximum Gasteiger partial charge on any atom is 0.263 e. The van der Waals surface area contributed by atoms with Crippen LogP contribution in [0.25, 0.3) is 11.0 Å². The molecule has 3 N–H and O–H groups in total. The van der Waals surface area contributed by atoms with Crippen molar-refractivity contribution in [2.75, 3.05) is 11.9 Å². The Kier molecular flexibility index (Phi) is 4.53. The number of fused-ring (bicyclic) bond motifs is 1. The third-order valence-corrected chi connectivity index (χ3v) is 4.09. The molecule has 3 rings (SSSR count). The van der Waals surface area contributed by atoms with E-state index < -0.39 is 6.04 Å². The van der Waals surface area contributed by atoms with Gasteiger partial charge >= 0.3 is 0 Å². The Morgan fingerprint density at radius 1 is 1.32 bits per heavy atom. The number of nitrogens with one attached hydrogen (secondary N) is 2. The van der Waals surface area contributed by atoms with Crippen molar-refractivity contribution in [2.24, 2.45) is 0 Å². The van der Waals surface area contributed by atoms with Crippen molar-refractivity contribution < 1.29 is 5.11 Å². The van der Waals surface area contributed by atoms with Gasteiger partial charge in [0.15, 0.2) is 5.65 Å². The predicted octanol–water partition coefficient (Wildman–Crippen LogP) is 2.67. The molecule has 0 bridgehead atoms. The van der Waals surface area contributed by atoms with Crippen LogP contribution in [0.15, 0.2) is 35.3 Å². The molecule has 0 aliphatic heterocycles. The molecule has 1 unspecified atom stereocenters. The smallest absolute Gasteiger partial charge is 0.263 e. The normalized spacial score (nSPS) is 13.2. The van der Waals surface area contributed by atoms with Crippen LogP contribution in [-0.4, -0.2) is 31.5 Å². The molecule has 0 aliphatic rings. The molecule has 2 heterocycles. The van der Waals surface area contributed by atoms with Gasteiger partial charge in [-0.2, -0.15) is 10.1 Å². The Labute approximate surface area is 149 Å². The van der Waals surface area contributed by atoms with Gasteiger partial charge in [-0.05, 0) is 38.5 Å². The third kappa shape index (κ3) is 3.52. The number of aliphatic hydroxyl groups is 1. The molecule has 0 amide bonds. The zero-order chi connectivity index (χ0) is 18.2. The van der Waals surface area contributed by atoms with Crippen molar-refractivity contribution >= 4 is 28.6 Å².